The van der Waals surface area contributed by atoms with Crippen molar-refractivity contribution in [3.8, 4) is 0 Å². The lowest BCUT2D eigenvalue weighted by molar-refractivity contribution is -0.155. The van der Waals surface area contributed by atoms with Gasteiger partial charge in [-0.1, -0.05) is 0 Å². The lowest BCUT2D eigenvalue weighted by Crippen LogP contribution is -2.43. The number of halogens is 1. The first-order valence-corrected chi connectivity index (χ1v) is 5.15. The maximum Gasteiger partial charge on any atom is 0.201 e. The van der Waals surface area contributed by atoms with Crippen LogP contribution in [0.25, 0.3) is 0 Å². The fourth-order valence-corrected chi connectivity index (χ4v) is 2.20. The quantitative estimate of drug-likeness (QED) is 0.700. The number of aliphatic hydroxyl groups is 1. The van der Waals surface area contributed by atoms with E-state index in [4.69, 9.17) is 9.47 Å². The van der Waals surface area contributed by atoms with Crippen LogP contribution in [0.2, 0.25) is 0 Å². The van der Waals surface area contributed by atoms with Gasteiger partial charge in [-0.2, -0.15) is 0 Å². The molecule has 1 saturated heterocycles. The van der Waals surface area contributed by atoms with Crippen LogP contribution in [0.5, 0.6) is 0 Å². The van der Waals surface area contributed by atoms with Crippen LogP contribution >= 0.6 is 15.9 Å². The van der Waals surface area contributed by atoms with E-state index in [2.05, 4.69) is 15.9 Å². The Morgan fingerprint density at radius 2 is 2.14 bits per heavy atom. The Hall–Kier alpha value is -0.230. The Labute approximate surface area is 90.0 Å². The van der Waals surface area contributed by atoms with Crippen LogP contribution in [0.3, 0.4) is 0 Å². The number of ether oxygens (including phenoxy) is 2. The van der Waals surface area contributed by atoms with Crippen molar-refractivity contribution in [1.29, 1.82) is 0 Å². The Kier molecular flexibility index (Phi) is 2.30. The molecule has 0 amide bonds. The van der Waals surface area contributed by atoms with Gasteiger partial charge in [0.05, 0.1) is 4.48 Å². The fraction of sp³-hybridized carbons (Fsp3) is 0.667. The highest BCUT2D eigenvalue weighted by atomic mass is 79.9. The van der Waals surface area contributed by atoms with Gasteiger partial charge in [-0.05, 0) is 35.9 Å². The summed E-state index contributed by atoms with van der Waals surface area (Å²) in [5.74, 6) is -0.983. The molecule has 1 aliphatic heterocycles. The van der Waals surface area contributed by atoms with E-state index in [-0.39, 0.29) is 5.78 Å². The Bertz CT molecular complexity index is 310. The first-order valence-electron chi connectivity index (χ1n) is 4.36. The number of rotatable bonds is 0. The van der Waals surface area contributed by atoms with Crippen LogP contribution < -0.4 is 0 Å². The van der Waals surface area contributed by atoms with Crippen LogP contribution in [-0.2, 0) is 14.3 Å². The van der Waals surface area contributed by atoms with Crippen molar-refractivity contribution < 1.29 is 19.4 Å². The van der Waals surface area contributed by atoms with Gasteiger partial charge in [0.15, 0.2) is 11.9 Å². The van der Waals surface area contributed by atoms with Crippen LogP contribution in [0.4, 0.5) is 0 Å². The molecule has 1 heterocycles. The molecule has 1 N–H and O–H groups in total. The third-order valence-electron chi connectivity index (χ3n) is 2.28. The molecule has 78 valence electrons. The third-order valence-corrected chi connectivity index (χ3v) is 2.93. The summed E-state index contributed by atoms with van der Waals surface area (Å²) in [5, 5.41) is 9.64. The average Bonchev–Trinajstić information content (AvgIpc) is 2.38. The number of ketones is 1. The molecule has 0 spiro atoms. The maximum absolute atomic E-state index is 11.6. The van der Waals surface area contributed by atoms with Gasteiger partial charge in [-0.25, -0.2) is 0 Å². The summed E-state index contributed by atoms with van der Waals surface area (Å²) in [6, 6.07) is 0. The molecule has 4 nitrogen and oxygen atoms in total. The first kappa shape index (κ1) is 10.3. The zero-order chi connectivity index (χ0) is 10.5. The summed E-state index contributed by atoms with van der Waals surface area (Å²) in [4.78, 5) is 11.6. The third kappa shape index (κ3) is 1.54. The van der Waals surface area contributed by atoms with Gasteiger partial charge in [0.25, 0.3) is 0 Å². The van der Waals surface area contributed by atoms with E-state index in [9.17, 15) is 9.90 Å². The highest BCUT2D eigenvalue weighted by Gasteiger charge is 2.50. The van der Waals surface area contributed by atoms with Gasteiger partial charge in [-0.3, -0.25) is 4.79 Å². The number of hydrogen-bond donors (Lipinski definition) is 1. The van der Waals surface area contributed by atoms with Crippen molar-refractivity contribution >= 4 is 21.7 Å². The molecule has 0 saturated carbocycles. The monoisotopic (exact) mass is 262 g/mol. The number of Topliss-reactive ketones (excluding diaryl/α,β-unsaturated/α-hetero) is 1. The average molecular weight is 263 g/mol. The predicted octanol–water partition coefficient (Wildman–Crippen LogP) is 0.729. The van der Waals surface area contributed by atoms with Crippen LogP contribution in [-0.4, -0.2) is 35.0 Å². The molecule has 0 radical (unpaired) electrons. The molecule has 0 bridgehead atoms. The minimum atomic E-state index is -0.808. The second-order valence-electron chi connectivity index (χ2n) is 3.89. The second-order valence-corrected chi connectivity index (χ2v) is 4.74. The molecule has 0 aromatic heterocycles. The molecular weight excluding hydrogens is 252 g/mol. The zero-order valence-electron chi connectivity index (χ0n) is 7.86. The Morgan fingerprint density at radius 3 is 2.79 bits per heavy atom. The van der Waals surface area contributed by atoms with Crippen molar-refractivity contribution in [2.45, 2.75) is 37.9 Å². The van der Waals surface area contributed by atoms with Gasteiger partial charge in [-0.15, -0.1) is 0 Å². The molecule has 14 heavy (non-hydrogen) atoms. The van der Waals surface area contributed by atoms with Crippen LogP contribution in [0.15, 0.2) is 10.6 Å². The number of hydrogen-bond acceptors (Lipinski definition) is 4. The Morgan fingerprint density at radius 1 is 1.50 bits per heavy atom. The lowest BCUT2D eigenvalue weighted by atomic mass is 9.98. The predicted molar refractivity (Wildman–Crippen MR) is 51.8 cm³/mol. The van der Waals surface area contributed by atoms with E-state index in [1.54, 1.807) is 13.8 Å². The van der Waals surface area contributed by atoms with Crippen molar-refractivity contribution in [1.82, 2.24) is 0 Å². The molecule has 1 fully saturated rings. The molecule has 0 unspecified atom stereocenters. The van der Waals surface area contributed by atoms with Crippen molar-refractivity contribution in [3.05, 3.63) is 10.6 Å². The zero-order valence-corrected chi connectivity index (χ0v) is 9.45. The summed E-state index contributed by atoms with van der Waals surface area (Å²) in [6.45, 7) is 3.44. The van der Waals surface area contributed by atoms with Crippen molar-refractivity contribution in [2.75, 3.05) is 0 Å². The lowest BCUT2D eigenvalue weighted by Gasteiger charge is -2.23. The van der Waals surface area contributed by atoms with E-state index in [1.165, 1.54) is 6.08 Å². The van der Waals surface area contributed by atoms with Crippen molar-refractivity contribution in [2.24, 2.45) is 0 Å². The van der Waals surface area contributed by atoms with Gasteiger partial charge < -0.3 is 14.6 Å². The molecule has 0 aromatic rings. The Balaban J connectivity index is 2.31. The maximum atomic E-state index is 11.6. The molecule has 2 aliphatic rings. The molecule has 5 heteroatoms. The second kappa shape index (κ2) is 3.13. The standard InChI is InChI=1S/C9H11BrO4/c1-9(2)13-7-5(11)3-4(10)6(12)8(7)14-9/h3,5,7-8,11H,1-2H3/t5-,7+,8-/m1/s1. The molecule has 1 aliphatic carbocycles. The first-order chi connectivity index (χ1) is 6.41. The molecule has 0 aromatic carbocycles. The van der Waals surface area contributed by atoms with E-state index in [0.29, 0.717) is 4.48 Å². The van der Waals surface area contributed by atoms with Gasteiger partial charge in [0, 0.05) is 0 Å². The number of fused-ring (bicyclic) bond motifs is 1. The van der Waals surface area contributed by atoms with E-state index < -0.39 is 24.1 Å². The van der Waals surface area contributed by atoms with Gasteiger partial charge >= 0.3 is 0 Å². The normalized spacial score (nSPS) is 40.7. The summed E-state index contributed by atoms with van der Waals surface area (Å²) in [5.41, 5.74) is 0. The van der Waals surface area contributed by atoms with Crippen molar-refractivity contribution in [3.63, 3.8) is 0 Å². The van der Waals surface area contributed by atoms with Gasteiger partial charge in [0.1, 0.15) is 12.2 Å². The molecule has 3 atom stereocenters. The van der Waals surface area contributed by atoms with Crippen LogP contribution in [0, 0.1) is 0 Å². The summed E-state index contributed by atoms with van der Waals surface area (Å²) >= 11 is 3.08. The van der Waals surface area contributed by atoms with Crippen LogP contribution in [0.1, 0.15) is 13.8 Å². The van der Waals surface area contributed by atoms with E-state index in [1.807, 2.05) is 0 Å². The minimum absolute atomic E-state index is 0.175. The molecular formula is C9H11BrO4. The highest BCUT2D eigenvalue weighted by molar-refractivity contribution is 9.12. The SMILES string of the molecule is CC1(C)O[C@H]2[C@H](O)C=C(Br)C(=O)[C@H]2O1. The highest BCUT2D eigenvalue weighted by Crippen LogP contribution is 2.36. The summed E-state index contributed by atoms with van der Waals surface area (Å²) in [6.07, 6.45) is -0.638. The molecule has 2 rings (SSSR count). The number of carbonyl (C=O) groups is 1. The topological polar surface area (TPSA) is 55.8 Å². The van der Waals surface area contributed by atoms with E-state index >= 15 is 0 Å². The fourth-order valence-electron chi connectivity index (χ4n) is 1.70. The smallest absolute Gasteiger partial charge is 0.201 e. The minimum Gasteiger partial charge on any atom is -0.386 e. The summed E-state index contributed by atoms with van der Waals surface area (Å²) < 4.78 is 11.2. The largest absolute Gasteiger partial charge is 0.386 e. The number of carbonyl (C=O) groups excluding carboxylic acids is 1. The van der Waals surface area contributed by atoms with Gasteiger partial charge in [0.2, 0.25) is 5.78 Å². The van der Waals surface area contributed by atoms with E-state index in [0.717, 1.165) is 0 Å². The summed E-state index contributed by atoms with van der Waals surface area (Å²) in [7, 11) is 0. The number of aliphatic hydroxyl groups excluding tert-OH is 1.